The fourth-order valence-corrected chi connectivity index (χ4v) is 4.07. The molecule has 1 aliphatic rings. The van der Waals surface area contributed by atoms with Crippen LogP contribution in [-0.4, -0.2) is 36.5 Å². The third-order valence-corrected chi connectivity index (χ3v) is 5.89. The second kappa shape index (κ2) is 7.02. The Morgan fingerprint density at radius 2 is 1.86 bits per heavy atom. The lowest BCUT2D eigenvalue weighted by atomic mass is 9.99. The van der Waals surface area contributed by atoms with Crippen LogP contribution >= 0.6 is 0 Å². The van der Waals surface area contributed by atoms with Gasteiger partial charge in [0.25, 0.3) is 5.69 Å². The molecule has 1 fully saturated rings. The number of nitro benzene ring substituents is 1. The predicted octanol–water partition coefficient (Wildman–Crippen LogP) is 2.37. The molecule has 22 heavy (non-hydrogen) atoms. The molecule has 2 rings (SSSR count). The Kier molecular flexibility index (Phi) is 5.31. The van der Waals surface area contributed by atoms with Gasteiger partial charge >= 0.3 is 0 Å². The van der Waals surface area contributed by atoms with Crippen molar-refractivity contribution >= 4 is 15.7 Å². The van der Waals surface area contributed by atoms with E-state index >= 15 is 0 Å². The van der Waals surface area contributed by atoms with Gasteiger partial charge in [0, 0.05) is 25.2 Å². The molecule has 120 valence electrons. The minimum absolute atomic E-state index is 0.0121. The zero-order chi connectivity index (χ0) is 16.2. The summed E-state index contributed by atoms with van der Waals surface area (Å²) >= 11 is 0. The van der Waals surface area contributed by atoms with Crippen molar-refractivity contribution in [3.8, 4) is 0 Å². The van der Waals surface area contributed by atoms with Crippen molar-refractivity contribution in [3.05, 3.63) is 52.6 Å². The Bertz CT molecular complexity index is 632. The standard InChI is InChI=1S/C15H20N2O4S/c1-2-13-7-10-16(11-8-13)22(20,21)12-9-14-3-5-15(6-4-14)17(18)19/h2-6,13H,1,7-12H2. The number of sulfonamides is 1. The highest BCUT2D eigenvalue weighted by Gasteiger charge is 2.26. The van der Waals surface area contributed by atoms with E-state index in [0.29, 0.717) is 25.4 Å². The van der Waals surface area contributed by atoms with E-state index in [1.165, 1.54) is 12.1 Å². The van der Waals surface area contributed by atoms with Gasteiger partial charge in [0.15, 0.2) is 0 Å². The van der Waals surface area contributed by atoms with Crippen LogP contribution in [0.4, 0.5) is 5.69 Å². The third kappa shape index (κ3) is 4.14. The number of rotatable bonds is 6. The van der Waals surface area contributed by atoms with E-state index < -0.39 is 14.9 Å². The van der Waals surface area contributed by atoms with Crippen LogP contribution in [0.25, 0.3) is 0 Å². The lowest BCUT2D eigenvalue weighted by Crippen LogP contribution is -2.39. The lowest BCUT2D eigenvalue weighted by Gasteiger charge is -2.29. The largest absolute Gasteiger partial charge is 0.269 e. The third-order valence-electron chi connectivity index (χ3n) is 4.02. The molecule has 1 aromatic rings. The summed E-state index contributed by atoms with van der Waals surface area (Å²) < 4.78 is 26.2. The first-order valence-electron chi connectivity index (χ1n) is 7.26. The average molecular weight is 324 g/mol. The normalized spacial score (nSPS) is 17.3. The fourth-order valence-electron chi connectivity index (χ4n) is 2.55. The van der Waals surface area contributed by atoms with Crippen molar-refractivity contribution in [3.63, 3.8) is 0 Å². The summed E-state index contributed by atoms with van der Waals surface area (Å²) in [6, 6.07) is 6.02. The Hall–Kier alpha value is -1.73. The van der Waals surface area contributed by atoms with Crippen LogP contribution in [0.2, 0.25) is 0 Å². The SMILES string of the molecule is C=CC1CCN(S(=O)(=O)CCc2ccc([N+](=O)[O-])cc2)CC1. The first-order chi connectivity index (χ1) is 10.4. The number of non-ortho nitro benzene ring substituents is 1. The van der Waals surface area contributed by atoms with E-state index in [1.54, 1.807) is 16.4 Å². The molecule has 0 atom stereocenters. The van der Waals surface area contributed by atoms with Crippen LogP contribution in [0.15, 0.2) is 36.9 Å². The summed E-state index contributed by atoms with van der Waals surface area (Å²) in [5, 5.41) is 10.6. The molecule has 0 unspecified atom stereocenters. The number of hydrogen-bond acceptors (Lipinski definition) is 4. The van der Waals surface area contributed by atoms with Crippen molar-refractivity contribution in [1.29, 1.82) is 0 Å². The monoisotopic (exact) mass is 324 g/mol. The molecule has 1 aromatic carbocycles. The molecule has 0 N–H and O–H groups in total. The van der Waals surface area contributed by atoms with Crippen LogP contribution in [0, 0.1) is 16.0 Å². The van der Waals surface area contributed by atoms with Gasteiger partial charge < -0.3 is 0 Å². The van der Waals surface area contributed by atoms with E-state index in [-0.39, 0.29) is 11.4 Å². The van der Waals surface area contributed by atoms with E-state index in [4.69, 9.17) is 0 Å². The highest BCUT2D eigenvalue weighted by molar-refractivity contribution is 7.89. The van der Waals surface area contributed by atoms with E-state index in [2.05, 4.69) is 6.58 Å². The molecule has 7 heteroatoms. The zero-order valence-corrected chi connectivity index (χ0v) is 13.2. The smallest absolute Gasteiger partial charge is 0.258 e. The number of allylic oxidation sites excluding steroid dienone is 1. The van der Waals surface area contributed by atoms with Gasteiger partial charge in [0.1, 0.15) is 0 Å². The molecule has 1 heterocycles. The Morgan fingerprint density at radius 3 is 2.36 bits per heavy atom. The first kappa shape index (κ1) is 16.6. The zero-order valence-electron chi connectivity index (χ0n) is 12.3. The molecule has 0 aromatic heterocycles. The summed E-state index contributed by atoms with van der Waals surface area (Å²) in [5.41, 5.74) is 0.799. The van der Waals surface area contributed by atoms with Gasteiger partial charge in [0.2, 0.25) is 10.0 Å². The van der Waals surface area contributed by atoms with Crippen LogP contribution in [-0.2, 0) is 16.4 Å². The predicted molar refractivity (Wildman–Crippen MR) is 85.1 cm³/mol. The van der Waals surface area contributed by atoms with E-state index in [0.717, 1.165) is 18.4 Å². The van der Waals surface area contributed by atoms with E-state index in [9.17, 15) is 18.5 Å². The molecule has 1 aliphatic heterocycles. The molecule has 0 radical (unpaired) electrons. The second-order valence-electron chi connectivity index (χ2n) is 5.46. The van der Waals surface area contributed by atoms with Crippen LogP contribution in [0.1, 0.15) is 18.4 Å². The minimum atomic E-state index is -3.27. The van der Waals surface area contributed by atoms with Gasteiger partial charge in [-0.1, -0.05) is 18.2 Å². The van der Waals surface area contributed by atoms with Gasteiger partial charge in [-0.15, -0.1) is 6.58 Å². The molecular weight excluding hydrogens is 304 g/mol. The highest BCUT2D eigenvalue weighted by Crippen LogP contribution is 2.21. The molecule has 6 nitrogen and oxygen atoms in total. The van der Waals surface area contributed by atoms with Gasteiger partial charge in [-0.05, 0) is 30.7 Å². The topological polar surface area (TPSA) is 80.5 Å². The second-order valence-corrected chi connectivity index (χ2v) is 7.55. The number of hydrogen-bond donors (Lipinski definition) is 0. The Balaban J connectivity index is 1.92. The Morgan fingerprint density at radius 1 is 1.27 bits per heavy atom. The molecule has 0 aliphatic carbocycles. The minimum Gasteiger partial charge on any atom is -0.258 e. The number of piperidine rings is 1. The van der Waals surface area contributed by atoms with Crippen molar-refractivity contribution in [2.45, 2.75) is 19.3 Å². The molecule has 0 amide bonds. The van der Waals surface area contributed by atoms with Gasteiger partial charge in [-0.2, -0.15) is 0 Å². The van der Waals surface area contributed by atoms with Crippen LogP contribution in [0.3, 0.4) is 0 Å². The maximum atomic E-state index is 12.3. The quantitative estimate of drug-likeness (QED) is 0.457. The average Bonchev–Trinajstić information content (AvgIpc) is 2.53. The number of nitro groups is 1. The first-order valence-corrected chi connectivity index (χ1v) is 8.87. The number of nitrogens with zero attached hydrogens (tertiary/aromatic N) is 2. The number of benzene rings is 1. The summed E-state index contributed by atoms with van der Waals surface area (Å²) in [5.74, 6) is 0.435. The summed E-state index contributed by atoms with van der Waals surface area (Å²) in [6.45, 7) is 4.83. The molecule has 0 saturated carbocycles. The van der Waals surface area contributed by atoms with Crippen molar-refractivity contribution < 1.29 is 13.3 Å². The maximum absolute atomic E-state index is 12.3. The van der Waals surface area contributed by atoms with Gasteiger partial charge in [-0.25, -0.2) is 12.7 Å². The molecule has 0 spiro atoms. The van der Waals surface area contributed by atoms with Crippen LogP contribution < -0.4 is 0 Å². The van der Waals surface area contributed by atoms with Gasteiger partial charge in [-0.3, -0.25) is 10.1 Å². The molecule has 0 bridgehead atoms. The summed E-state index contributed by atoms with van der Waals surface area (Å²) in [4.78, 5) is 10.1. The molecular formula is C15H20N2O4S. The van der Waals surface area contributed by atoms with Crippen LogP contribution in [0.5, 0.6) is 0 Å². The van der Waals surface area contributed by atoms with E-state index in [1.807, 2.05) is 6.08 Å². The fraction of sp³-hybridized carbons (Fsp3) is 0.467. The highest BCUT2D eigenvalue weighted by atomic mass is 32.2. The Labute approximate surface area is 130 Å². The van der Waals surface area contributed by atoms with Crippen molar-refractivity contribution in [1.82, 2.24) is 4.31 Å². The summed E-state index contributed by atoms with van der Waals surface area (Å²) in [7, 11) is -3.27. The summed E-state index contributed by atoms with van der Waals surface area (Å²) in [6.07, 6.45) is 3.89. The maximum Gasteiger partial charge on any atom is 0.269 e. The number of aryl methyl sites for hydroxylation is 1. The van der Waals surface area contributed by atoms with Gasteiger partial charge in [0.05, 0.1) is 10.7 Å². The van der Waals surface area contributed by atoms with Crippen molar-refractivity contribution in [2.75, 3.05) is 18.8 Å². The molecule has 1 saturated heterocycles. The van der Waals surface area contributed by atoms with Crippen molar-refractivity contribution in [2.24, 2.45) is 5.92 Å². The lowest BCUT2D eigenvalue weighted by molar-refractivity contribution is -0.384.